The fraction of sp³-hybridized carbons (Fsp3) is 0.538. The van der Waals surface area contributed by atoms with Crippen molar-refractivity contribution in [3.8, 4) is 5.75 Å². The normalized spacial score (nSPS) is 17.7. The fourth-order valence-electron chi connectivity index (χ4n) is 2.23. The maximum absolute atomic E-state index is 12.6. The van der Waals surface area contributed by atoms with E-state index in [4.69, 9.17) is 10.5 Å². The first-order valence-electron chi connectivity index (χ1n) is 6.40. The Morgan fingerprint density at radius 1 is 1.48 bits per heavy atom. The van der Waals surface area contributed by atoms with Gasteiger partial charge >= 0.3 is 0 Å². The average molecular weight is 400 g/mol. The molecule has 1 atom stereocenters. The highest BCUT2D eigenvalue weighted by atomic mass is 79.9. The predicted molar refractivity (Wildman–Crippen MR) is 88.4 cm³/mol. The van der Waals surface area contributed by atoms with Crippen molar-refractivity contribution in [1.29, 1.82) is 0 Å². The molecule has 1 aromatic carbocycles. The third kappa shape index (κ3) is 4.10. The molecule has 1 aliphatic rings. The first-order chi connectivity index (χ1) is 9.32. The highest BCUT2D eigenvalue weighted by Crippen LogP contribution is 2.40. The molecule has 0 amide bonds. The monoisotopic (exact) mass is 398 g/mol. The summed E-state index contributed by atoms with van der Waals surface area (Å²) in [6.07, 6.45) is 2.01. The minimum atomic E-state index is -3.69. The molecule has 1 saturated carbocycles. The number of ether oxygens (including phenoxy) is 1. The van der Waals surface area contributed by atoms with Crippen LogP contribution in [0.25, 0.3) is 0 Å². The minimum Gasteiger partial charge on any atom is -0.495 e. The molecule has 21 heavy (non-hydrogen) atoms. The summed E-state index contributed by atoms with van der Waals surface area (Å²) in [5.74, 6) is 0.622. The van der Waals surface area contributed by atoms with Crippen molar-refractivity contribution in [1.82, 2.24) is 4.72 Å². The van der Waals surface area contributed by atoms with Gasteiger partial charge in [0.2, 0.25) is 10.0 Å². The predicted octanol–water partition coefficient (Wildman–Crippen LogP) is 2.29. The van der Waals surface area contributed by atoms with E-state index in [1.54, 1.807) is 12.1 Å². The van der Waals surface area contributed by atoms with Gasteiger partial charge in [0.05, 0.1) is 7.11 Å². The fourth-order valence-corrected chi connectivity index (χ4v) is 4.42. The second-order valence-electron chi connectivity index (χ2n) is 5.30. The molecule has 5 nitrogen and oxygen atoms in total. The van der Waals surface area contributed by atoms with Crippen molar-refractivity contribution in [3.63, 3.8) is 0 Å². The Bertz CT molecular complexity index is 607. The maximum Gasteiger partial charge on any atom is 0.244 e. The number of sulfonamides is 1. The van der Waals surface area contributed by atoms with Gasteiger partial charge in [-0.1, -0.05) is 15.9 Å². The molecule has 1 fully saturated rings. The molecule has 0 heterocycles. The topological polar surface area (TPSA) is 81.4 Å². The summed E-state index contributed by atoms with van der Waals surface area (Å²) in [4.78, 5) is 0.120. The maximum atomic E-state index is 12.6. The average Bonchev–Trinajstić information content (AvgIpc) is 3.22. The Morgan fingerprint density at radius 2 is 2.10 bits per heavy atom. The van der Waals surface area contributed by atoms with Crippen LogP contribution < -0.4 is 15.2 Å². The molecular weight excluding hydrogens is 380 g/mol. The molecule has 0 spiro atoms. The zero-order valence-corrected chi connectivity index (χ0v) is 15.1. The van der Waals surface area contributed by atoms with E-state index in [2.05, 4.69) is 20.7 Å². The van der Waals surface area contributed by atoms with Crippen molar-refractivity contribution in [2.24, 2.45) is 11.7 Å². The smallest absolute Gasteiger partial charge is 0.244 e. The first kappa shape index (κ1) is 18.7. The lowest BCUT2D eigenvalue weighted by molar-refractivity contribution is 0.370. The molecule has 0 radical (unpaired) electrons. The van der Waals surface area contributed by atoms with E-state index in [1.807, 2.05) is 6.92 Å². The zero-order chi connectivity index (χ0) is 15.0. The molecule has 120 valence electrons. The minimum absolute atomic E-state index is 0. The molecule has 1 aliphatic carbocycles. The van der Waals surface area contributed by atoms with Crippen LogP contribution in [0.2, 0.25) is 0 Å². The summed E-state index contributed by atoms with van der Waals surface area (Å²) < 4.78 is 33.8. The Balaban J connectivity index is 0.00000220. The molecule has 3 N–H and O–H groups in total. The quantitative estimate of drug-likeness (QED) is 0.769. The number of nitrogens with two attached hydrogens (primary N) is 1. The van der Waals surface area contributed by atoms with Gasteiger partial charge in [-0.25, -0.2) is 13.1 Å². The van der Waals surface area contributed by atoms with Gasteiger partial charge in [0.15, 0.2) is 0 Å². The summed E-state index contributed by atoms with van der Waals surface area (Å²) in [6.45, 7) is 2.12. The largest absolute Gasteiger partial charge is 0.495 e. The van der Waals surface area contributed by atoms with E-state index in [0.29, 0.717) is 16.1 Å². The Morgan fingerprint density at radius 3 is 2.57 bits per heavy atom. The van der Waals surface area contributed by atoms with E-state index in [0.717, 1.165) is 12.8 Å². The number of benzene rings is 1. The van der Waals surface area contributed by atoms with Crippen LogP contribution >= 0.6 is 28.3 Å². The van der Waals surface area contributed by atoms with Crippen LogP contribution in [0.15, 0.2) is 27.6 Å². The first-order valence-corrected chi connectivity index (χ1v) is 8.67. The van der Waals surface area contributed by atoms with Gasteiger partial charge in [0.25, 0.3) is 0 Å². The number of hydrogen-bond acceptors (Lipinski definition) is 4. The second kappa shape index (κ2) is 6.83. The molecule has 0 aliphatic heterocycles. The number of rotatable bonds is 6. The molecule has 1 unspecified atom stereocenters. The molecule has 0 aromatic heterocycles. The Hall–Kier alpha value is -0.340. The van der Waals surface area contributed by atoms with Gasteiger partial charge in [-0.2, -0.15) is 0 Å². The molecule has 1 aromatic rings. The summed E-state index contributed by atoms with van der Waals surface area (Å²) in [5, 5.41) is 0. The van der Waals surface area contributed by atoms with Crippen LogP contribution in [-0.2, 0) is 10.0 Å². The van der Waals surface area contributed by atoms with Gasteiger partial charge in [-0.15, -0.1) is 12.4 Å². The Kier molecular flexibility index (Phi) is 6.08. The van der Waals surface area contributed by atoms with Crippen molar-refractivity contribution in [2.75, 3.05) is 13.7 Å². The van der Waals surface area contributed by atoms with Crippen LogP contribution in [0.4, 0.5) is 0 Å². The summed E-state index contributed by atoms with van der Waals surface area (Å²) in [7, 11) is -2.24. The lowest BCUT2D eigenvalue weighted by atomic mass is 9.98. The molecule has 0 bridgehead atoms. The lowest BCUT2D eigenvalue weighted by Gasteiger charge is -2.29. The lowest BCUT2D eigenvalue weighted by Crippen LogP contribution is -2.53. The van der Waals surface area contributed by atoms with Crippen molar-refractivity contribution < 1.29 is 13.2 Å². The molecule has 0 saturated heterocycles. The van der Waals surface area contributed by atoms with Crippen LogP contribution in [-0.4, -0.2) is 27.6 Å². The summed E-state index contributed by atoms with van der Waals surface area (Å²) in [5.41, 5.74) is 5.16. The zero-order valence-electron chi connectivity index (χ0n) is 11.9. The van der Waals surface area contributed by atoms with Gasteiger partial charge in [-0.3, -0.25) is 0 Å². The van der Waals surface area contributed by atoms with E-state index in [9.17, 15) is 8.42 Å². The molecular formula is C13H20BrClN2O3S. The van der Waals surface area contributed by atoms with E-state index < -0.39 is 15.6 Å². The SMILES string of the molecule is COc1ccc(Br)cc1S(=O)(=O)NC(C)(CN)C1CC1.Cl. The molecule has 8 heteroatoms. The van der Waals surface area contributed by atoms with Crippen LogP contribution in [0.1, 0.15) is 19.8 Å². The van der Waals surface area contributed by atoms with Crippen LogP contribution in [0, 0.1) is 5.92 Å². The van der Waals surface area contributed by atoms with Gasteiger partial charge < -0.3 is 10.5 Å². The standard InChI is InChI=1S/C13H19BrN2O3S.ClH/c1-13(8-15,9-3-4-9)16-20(17,18)12-7-10(14)5-6-11(12)19-2;/h5-7,9,16H,3-4,8,15H2,1-2H3;1H. The van der Waals surface area contributed by atoms with Crippen molar-refractivity contribution in [2.45, 2.75) is 30.2 Å². The van der Waals surface area contributed by atoms with Crippen LogP contribution in [0.3, 0.4) is 0 Å². The number of nitrogens with one attached hydrogen (secondary N) is 1. The third-order valence-electron chi connectivity index (χ3n) is 3.69. The van der Waals surface area contributed by atoms with Gasteiger partial charge in [-0.05, 0) is 43.9 Å². The van der Waals surface area contributed by atoms with Crippen molar-refractivity contribution >= 4 is 38.4 Å². The summed E-state index contributed by atoms with van der Waals surface area (Å²) in [6, 6.07) is 4.89. The number of hydrogen-bond donors (Lipinski definition) is 2. The highest BCUT2D eigenvalue weighted by Gasteiger charge is 2.43. The number of methoxy groups -OCH3 is 1. The van der Waals surface area contributed by atoms with E-state index in [1.165, 1.54) is 13.2 Å². The van der Waals surface area contributed by atoms with Crippen molar-refractivity contribution in [3.05, 3.63) is 22.7 Å². The molecule has 2 rings (SSSR count). The summed E-state index contributed by atoms with van der Waals surface area (Å²) >= 11 is 3.28. The second-order valence-corrected chi connectivity index (χ2v) is 7.86. The highest BCUT2D eigenvalue weighted by molar-refractivity contribution is 9.10. The number of halogens is 2. The van der Waals surface area contributed by atoms with E-state index >= 15 is 0 Å². The Labute approximate surface area is 140 Å². The van der Waals surface area contributed by atoms with Gasteiger partial charge in [0.1, 0.15) is 10.6 Å². The van der Waals surface area contributed by atoms with E-state index in [-0.39, 0.29) is 23.8 Å². The van der Waals surface area contributed by atoms with Gasteiger partial charge in [0, 0.05) is 16.6 Å². The van der Waals surface area contributed by atoms with Crippen LogP contribution in [0.5, 0.6) is 5.75 Å². The third-order valence-corrected chi connectivity index (χ3v) is 5.81.